The van der Waals surface area contributed by atoms with E-state index in [1.54, 1.807) is 4.57 Å². The lowest BCUT2D eigenvalue weighted by molar-refractivity contribution is 0.577. The Kier molecular flexibility index (Phi) is 3.39. The second kappa shape index (κ2) is 5.18. The number of aryl methyl sites for hydroxylation is 2. The molecule has 116 valence electrons. The molecule has 22 heavy (non-hydrogen) atoms. The highest BCUT2D eigenvalue weighted by molar-refractivity contribution is 7.99. The molecule has 2 aliphatic rings. The van der Waals surface area contributed by atoms with Crippen molar-refractivity contribution in [3.05, 3.63) is 34.5 Å². The molecule has 0 unspecified atom stereocenters. The summed E-state index contributed by atoms with van der Waals surface area (Å²) in [7, 11) is -3.74. The summed E-state index contributed by atoms with van der Waals surface area (Å²) in [5.41, 5.74) is 3.11. The number of sulfonamides is 1. The van der Waals surface area contributed by atoms with Gasteiger partial charge in [0.1, 0.15) is 0 Å². The molecule has 5 nitrogen and oxygen atoms in total. The minimum absolute atomic E-state index is 0.0378. The molecule has 0 radical (unpaired) electrons. The van der Waals surface area contributed by atoms with Crippen molar-refractivity contribution in [2.45, 2.75) is 36.0 Å². The molecule has 2 aromatic rings. The van der Waals surface area contributed by atoms with Crippen molar-refractivity contribution in [2.75, 3.05) is 10.5 Å². The van der Waals surface area contributed by atoms with Crippen LogP contribution in [0.15, 0.2) is 28.4 Å². The van der Waals surface area contributed by atoms with Crippen LogP contribution in [0.2, 0.25) is 5.15 Å². The molecule has 1 aromatic carbocycles. The molecule has 1 aliphatic heterocycles. The van der Waals surface area contributed by atoms with Gasteiger partial charge in [-0.15, -0.1) is 0 Å². The maximum atomic E-state index is 12.7. The van der Waals surface area contributed by atoms with E-state index < -0.39 is 10.0 Å². The van der Waals surface area contributed by atoms with E-state index in [0.717, 1.165) is 25.0 Å². The zero-order chi connectivity index (χ0) is 15.3. The fourth-order valence-corrected chi connectivity index (χ4v) is 5.84. The number of fused-ring (bicyclic) bond motifs is 2. The first-order chi connectivity index (χ1) is 10.5. The number of halogens is 1. The van der Waals surface area contributed by atoms with Crippen LogP contribution >= 0.6 is 23.4 Å². The summed E-state index contributed by atoms with van der Waals surface area (Å²) in [6, 6.07) is 5.73. The summed E-state index contributed by atoms with van der Waals surface area (Å²) < 4.78 is 29.7. The monoisotopic (exact) mass is 355 g/mol. The molecule has 4 rings (SSSR count). The van der Waals surface area contributed by atoms with Crippen molar-refractivity contribution in [2.24, 2.45) is 0 Å². The van der Waals surface area contributed by atoms with E-state index >= 15 is 0 Å². The van der Waals surface area contributed by atoms with Crippen LogP contribution in [0, 0.1) is 0 Å². The minimum atomic E-state index is -3.74. The van der Waals surface area contributed by atoms with Crippen molar-refractivity contribution in [3.63, 3.8) is 0 Å². The quantitative estimate of drug-likeness (QED) is 0.919. The Morgan fingerprint density at radius 3 is 2.95 bits per heavy atom. The largest absolute Gasteiger partial charge is 0.306 e. The van der Waals surface area contributed by atoms with Crippen LogP contribution in [0.3, 0.4) is 0 Å². The summed E-state index contributed by atoms with van der Waals surface area (Å²) >= 11 is 7.56. The maximum Gasteiger partial charge on any atom is 0.280 e. The number of nitrogens with one attached hydrogen (secondary N) is 1. The van der Waals surface area contributed by atoms with Crippen LogP contribution in [0.1, 0.15) is 17.5 Å². The topological polar surface area (TPSA) is 64.0 Å². The van der Waals surface area contributed by atoms with E-state index in [1.165, 1.54) is 22.9 Å². The fraction of sp³-hybridized carbons (Fsp3) is 0.357. The second-order valence-electron chi connectivity index (χ2n) is 5.43. The second-order valence-corrected chi connectivity index (χ2v) is 8.45. The van der Waals surface area contributed by atoms with Crippen molar-refractivity contribution in [3.8, 4) is 0 Å². The van der Waals surface area contributed by atoms with Crippen molar-refractivity contribution in [1.29, 1.82) is 0 Å². The first-order valence-corrected chi connectivity index (χ1v) is 9.93. The van der Waals surface area contributed by atoms with Crippen LogP contribution in [0.5, 0.6) is 0 Å². The van der Waals surface area contributed by atoms with Gasteiger partial charge < -0.3 is 4.57 Å². The van der Waals surface area contributed by atoms with Gasteiger partial charge in [0.15, 0.2) is 15.3 Å². The summed E-state index contributed by atoms with van der Waals surface area (Å²) in [5, 5.41) is 0.768. The highest BCUT2D eigenvalue weighted by Gasteiger charge is 2.30. The van der Waals surface area contributed by atoms with E-state index in [4.69, 9.17) is 11.6 Å². The summed E-state index contributed by atoms with van der Waals surface area (Å²) in [4.78, 5) is 4.13. The van der Waals surface area contributed by atoms with E-state index in [-0.39, 0.29) is 10.2 Å². The van der Waals surface area contributed by atoms with Gasteiger partial charge in [0, 0.05) is 18.0 Å². The van der Waals surface area contributed by atoms with Gasteiger partial charge in [-0.25, -0.2) is 4.98 Å². The van der Waals surface area contributed by atoms with E-state index in [9.17, 15) is 8.42 Å². The van der Waals surface area contributed by atoms with Crippen molar-refractivity contribution >= 4 is 39.1 Å². The number of nitrogens with zero attached hydrogens (tertiary/aromatic N) is 2. The number of benzene rings is 1. The molecule has 0 saturated heterocycles. The van der Waals surface area contributed by atoms with Crippen LogP contribution < -0.4 is 4.72 Å². The third-order valence-corrected chi connectivity index (χ3v) is 6.76. The summed E-state index contributed by atoms with van der Waals surface area (Å²) in [6.45, 7) is 0.611. The number of hydrogen-bond donors (Lipinski definition) is 1. The van der Waals surface area contributed by atoms with Crippen LogP contribution in [-0.4, -0.2) is 23.7 Å². The van der Waals surface area contributed by atoms with Crippen molar-refractivity contribution in [1.82, 2.24) is 9.55 Å². The zero-order valence-electron chi connectivity index (χ0n) is 11.7. The molecule has 0 spiro atoms. The van der Waals surface area contributed by atoms with Gasteiger partial charge in [0.05, 0.1) is 0 Å². The molecule has 0 atom stereocenters. The lowest BCUT2D eigenvalue weighted by Gasteiger charge is -2.11. The number of anilines is 1. The van der Waals surface area contributed by atoms with E-state index in [0.29, 0.717) is 17.4 Å². The van der Waals surface area contributed by atoms with Gasteiger partial charge in [-0.3, -0.25) is 4.72 Å². The van der Waals surface area contributed by atoms with Crippen LogP contribution in [-0.2, 0) is 29.4 Å². The van der Waals surface area contributed by atoms with Gasteiger partial charge in [-0.05, 0) is 42.5 Å². The Morgan fingerprint density at radius 2 is 2.09 bits per heavy atom. The molecule has 0 fully saturated rings. The van der Waals surface area contributed by atoms with E-state index in [2.05, 4.69) is 9.71 Å². The third-order valence-electron chi connectivity index (χ3n) is 4.00. The van der Waals surface area contributed by atoms with Gasteiger partial charge in [0.2, 0.25) is 0 Å². The first-order valence-electron chi connectivity index (χ1n) is 7.08. The molecule has 0 amide bonds. The number of thioether (sulfide) groups is 1. The van der Waals surface area contributed by atoms with Crippen LogP contribution in [0.25, 0.3) is 0 Å². The minimum Gasteiger partial charge on any atom is -0.306 e. The normalized spacial score (nSPS) is 16.6. The van der Waals surface area contributed by atoms with Crippen LogP contribution in [0.4, 0.5) is 5.69 Å². The first kappa shape index (κ1) is 14.4. The average Bonchev–Trinajstić information content (AvgIpc) is 3.11. The number of rotatable bonds is 3. The van der Waals surface area contributed by atoms with Gasteiger partial charge in [-0.1, -0.05) is 29.4 Å². The molecule has 2 heterocycles. The molecule has 8 heteroatoms. The smallest absolute Gasteiger partial charge is 0.280 e. The Bertz CT molecular complexity index is 861. The predicted octanol–water partition coefficient (Wildman–Crippen LogP) is 2.93. The molecule has 1 N–H and O–H groups in total. The molecule has 1 aromatic heterocycles. The highest BCUT2D eigenvalue weighted by atomic mass is 35.5. The summed E-state index contributed by atoms with van der Waals surface area (Å²) in [6.07, 6.45) is 3.21. The fourth-order valence-electron chi connectivity index (χ4n) is 3.02. The third kappa shape index (κ3) is 2.31. The average molecular weight is 356 g/mol. The molecule has 0 bridgehead atoms. The summed E-state index contributed by atoms with van der Waals surface area (Å²) in [5.74, 6) is 0.820. The Hall–Kier alpha value is -1.18. The SMILES string of the molecule is O=S(=O)(Nc1ccc2c(c1)CCC2)c1c(Cl)nc2n1CCS2. The van der Waals surface area contributed by atoms with Gasteiger partial charge >= 0.3 is 0 Å². The number of imidazole rings is 1. The van der Waals surface area contributed by atoms with Crippen molar-refractivity contribution < 1.29 is 8.42 Å². The maximum absolute atomic E-state index is 12.7. The molecular weight excluding hydrogens is 342 g/mol. The van der Waals surface area contributed by atoms with E-state index in [1.807, 2.05) is 18.2 Å². The van der Waals surface area contributed by atoms with Gasteiger partial charge in [-0.2, -0.15) is 8.42 Å². The van der Waals surface area contributed by atoms with Gasteiger partial charge in [0.25, 0.3) is 10.0 Å². The number of aromatic nitrogens is 2. The zero-order valence-corrected chi connectivity index (χ0v) is 14.1. The predicted molar refractivity (Wildman–Crippen MR) is 87.2 cm³/mol. The highest BCUT2D eigenvalue weighted by Crippen LogP contribution is 2.34. The lowest BCUT2D eigenvalue weighted by atomic mass is 10.1. The Balaban J connectivity index is 1.70. The lowest BCUT2D eigenvalue weighted by Crippen LogP contribution is -2.17. The molecule has 1 aliphatic carbocycles. The number of hydrogen-bond acceptors (Lipinski definition) is 4. The Morgan fingerprint density at radius 1 is 1.27 bits per heavy atom. The molecular formula is C14H14ClN3O2S2. The standard InChI is InChI=1S/C14H14ClN3O2S2/c15-12-13(18-6-7-21-14(18)16-12)22(19,20)17-11-5-4-9-2-1-3-10(9)8-11/h4-5,8,17H,1-3,6-7H2. The molecule has 0 saturated carbocycles. The Labute approximate surface area is 138 Å².